The van der Waals surface area contributed by atoms with Gasteiger partial charge in [-0.15, -0.1) is 0 Å². The number of halogens is 1. The monoisotopic (exact) mass is 396 g/mol. The van der Waals surface area contributed by atoms with E-state index in [0.29, 0.717) is 31.9 Å². The van der Waals surface area contributed by atoms with Gasteiger partial charge in [0.15, 0.2) is 0 Å². The van der Waals surface area contributed by atoms with Crippen LogP contribution in [0, 0.1) is 5.82 Å². The molecule has 7 heteroatoms. The first-order valence-corrected chi connectivity index (χ1v) is 9.81. The van der Waals surface area contributed by atoms with Crippen molar-refractivity contribution in [1.82, 2.24) is 15.1 Å². The van der Waals surface area contributed by atoms with E-state index in [1.54, 1.807) is 21.9 Å². The van der Waals surface area contributed by atoms with Crippen LogP contribution in [0.15, 0.2) is 54.6 Å². The zero-order chi connectivity index (χ0) is 20.4. The Balaban J connectivity index is 1.44. The number of urea groups is 1. The van der Waals surface area contributed by atoms with Crippen molar-refractivity contribution in [2.75, 3.05) is 38.1 Å². The molecule has 2 saturated heterocycles. The molecule has 2 aromatic carbocycles. The molecular weight excluding hydrogens is 371 g/mol. The highest BCUT2D eigenvalue weighted by molar-refractivity contribution is 5.96. The third-order valence-electron chi connectivity index (χ3n) is 5.96. The van der Waals surface area contributed by atoms with Gasteiger partial charge in [0, 0.05) is 31.9 Å². The lowest BCUT2D eigenvalue weighted by Crippen LogP contribution is -2.64. The standard InChI is InChI=1S/C22H25FN4O2/c1-25-14-20(28)27(19-9-5-8-18(23)12-19)16-22(25)10-11-26(15-22)21(29)24-13-17-6-3-2-4-7-17/h2-9,12H,10-11,13-16H2,1H3,(H,24,29)/t22-/m0/s1. The number of amides is 3. The van der Waals surface area contributed by atoms with Crippen LogP contribution in [0.2, 0.25) is 0 Å². The van der Waals surface area contributed by atoms with Gasteiger partial charge in [0.1, 0.15) is 5.82 Å². The number of rotatable bonds is 3. The van der Waals surface area contributed by atoms with E-state index in [0.717, 1.165) is 12.0 Å². The Morgan fingerprint density at radius 3 is 2.69 bits per heavy atom. The number of carbonyl (C=O) groups excluding carboxylic acids is 2. The zero-order valence-corrected chi connectivity index (χ0v) is 16.5. The van der Waals surface area contributed by atoms with Gasteiger partial charge in [-0.05, 0) is 37.2 Å². The molecule has 2 heterocycles. The highest BCUT2D eigenvalue weighted by atomic mass is 19.1. The predicted octanol–water partition coefficient (Wildman–Crippen LogP) is 2.46. The van der Waals surface area contributed by atoms with Crippen molar-refractivity contribution in [2.24, 2.45) is 0 Å². The van der Waals surface area contributed by atoms with Gasteiger partial charge >= 0.3 is 6.03 Å². The minimum atomic E-state index is -0.364. The first-order valence-electron chi connectivity index (χ1n) is 9.81. The Morgan fingerprint density at radius 1 is 1.14 bits per heavy atom. The maximum Gasteiger partial charge on any atom is 0.317 e. The Bertz CT molecular complexity index is 907. The smallest absolute Gasteiger partial charge is 0.317 e. The Hall–Kier alpha value is -2.93. The van der Waals surface area contributed by atoms with Gasteiger partial charge in [0.2, 0.25) is 5.91 Å². The molecule has 0 aliphatic carbocycles. The van der Waals surface area contributed by atoms with Crippen LogP contribution < -0.4 is 10.2 Å². The minimum Gasteiger partial charge on any atom is -0.334 e. The van der Waals surface area contributed by atoms with E-state index >= 15 is 0 Å². The average molecular weight is 396 g/mol. The van der Waals surface area contributed by atoms with Crippen molar-refractivity contribution in [2.45, 2.75) is 18.5 Å². The van der Waals surface area contributed by atoms with Crippen LogP contribution in [0.3, 0.4) is 0 Å². The number of benzene rings is 2. The van der Waals surface area contributed by atoms with E-state index in [4.69, 9.17) is 0 Å². The largest absolute Gasteiger partial charge is 0.334 e. The number of likely N-dealkylation sites (N-methyl/N-ethyl adjacent to an activating group) is 1. The van der Waals surface area contributed by atoms with E-state index < -0.39 is 0 Å². The van der Waals surface area contributed by atoms with Gasteiger partial charge in [0.25, 0.3) is 0 Å². The number of carbonyl (C=O) groups is 2. The summed E-state index contributed by atoms with van der Waals surface area (Å²) < 4.78 is 13.7. The van der Waals surface area contributed by atoms with Gasteiger partial charge in [-0.1, -0.05) is 36.4 Å². The molecule has 0 bridgehead atoms. The van der Waals surface area contributed by atoms with Gasteiger partial charge < -0.3 is 15.1 Å². The molecule has 29 heavy (non-hydrogen) atoms. The summed E-state index contributed by atoms with van der Waals surface area (Å²) in [6, 6.07) is 15.8. The quantitative estimate of drug-likeness (QED) is 0.867. The van der Waals surface area contributed by atoms with Crippen molar-refractivity contribution < 1.29 is 14.0 Å². The number of nitrogens with one attached hydrogen (secondary N) is 1. The van der Waals surface area contributed by atoms with Crippen molar-refractivity contribution in [1.29, 1.82) is 0 Å². The third-order valence-corrected chi connectivity index (χ3v) is 5.96. The molecule has 152 valence electrons. The van der Waals surface area contributed by atoms with Gasteiger partial charge in [0.05, 0.1) is 12.1 Å². The van der Waals surface area contributed by atoms with Crippen LogP contribution in [0.25, 0.3) is 0 Å². The second-order valence-electron chi connectivity index (χ2n) is 7.86. The molecule has 0 aromatic heterocycles. The molecule has 6 nitrogen and oxygen atoms in total. The molecule has 3 amide bonds. The molecule has 0 saturated carbocycles. The summed E-state index contributed by atoms with van der Waals surface area (Å²) in [6.07, 6.45) is 0.765. The molecule has 4 rings (SSSR count). The maximum absolute atomic E-state index is 13.7. The van der Waals surface area contributed by atoms with E-state index in [1.807, 2.05) is 42.3 Å². The molecule has 2 aliphatic rings. The van der Waals surface area contributed by atoms with Crippen molar-refractivity contribution in [3.05, 3.63) is 66.0 Å². The van der Waals surface area contributed by atoms with E-state index in [9.17, 15) is 14.0 Å². The molecule has 1 spiro atoms. The summed E-state index contributed by atoms with van der Waals surface area (Å²) in [5.41, 5.74) is 1.28. The van der Waals surface area contributed by atoms with Crippen LogP contribution in [0.5, 0.6) is 0 Å². The highest BCUT2D eigenvalue weighted by Gasteiger charge is 2.48. The van der Waals surface area contributed by atoms with E-state index in [1.165, 1.54) is 12.1 Å². The second kappa shape index (κ2) is 7.83. The number of likely N-dealkylation sites (tertiary alicyclic amines) is 1. The number of hydrogen-bond donors (Lipinski definition) is 1. The summed E-state index contributed by atoms with van der Waals surface area (Å²) in [6.45, 7) is 2.32. The molecule has 2 aromatic rings. The maximum atomic E-state index is 13.7. The third kappa shape index (κ3) is 3.96. The Kier molecular flexibility index (Phi) is 5.24. The molecular formula is C22H25FN4O2. The van der Waals surface area contributed by atoms with Gasteiger partial charge in [-0.25, -0.2) is 9.18 Å². The summed E-state index contributed by atoms with van der Waals surface area (Å²) in [5.74, 6) is -0.424. The van der Waals surface area contributed by atoms with Crippen molar-refractivity contribution >= 4 is 17.6 Å². The lowest BCUT2D eigenvalue weighted by Gasteiger charge is -2.46. The number of anilines is 1. The molecule has 1 N–H and O–H groups in total. The van der Waals surface area contributed by atoms with Crippen molar-refractivity contribution in [3.63, 3.8) is 0 Å². The number of hydrogen-bond acceptors (Lipinski definition) is 3. The van der Waals surface area contributed by atoms with E-state index in [-0.39, 0.29) is 29.8 Å². The molecule has 0 unspecified atom stereocenters. The average Bonchev–Trinajstić information content (AvgIpc) is 3.15. The Labute approximate surface area is 169 Å². The summed E-state index contributed by atoms with van der Waals surface area (Å²) in [5, 5.41) is 2.98. The van der Waals surface area contributed by atoms with Crippen LogP contribution in [-0.4, -0.2) is 60.5 Å². The molecule has 2 fully saturated rings. The lowest BCUT2D eigenvalue weighted by molar-refractivity contribution is -0.123. The molecule has 1 atom stereocenters. The highest BCUT2D eigenvalue weighted by Crippen LogP contribution is 2.33. The van der Waals surface area contributed by atoms with Crippen LogP contribution in [-0.2, 0) is 11.3 Å². The summed E-state index contributed by atoms with van der Waals surface area (Å²) >= 11 is 0. The topological polar surface area (TPSA) is 55.9 Å². The Morgan fingerprint density at radius 2 is 1.93 bits per heavy atom. The van der Waals surface area contributed by atoms with Crippen LogP contribution in [0.1, 0.15) is 12.0 Å². The van der Waals surface area contributed by atoms with Crippen LogP contribution >= 0.6 is 0 Å². The predicted molar refractivity (Wildman–Crippen MR) is 109 cm³/mol. The first kappa shape index (κ1) is 19.4. The van der Waals surface area contributed by atoms with Gasteiger partial charge in [-0.3, -0.25) is 9.69 Å². The number of nitrogens with zero attached hydrogens (tertiary/aromatic N) is 3. The van der Waals surface area contributed by atoms with Gasteiger partial charge in [-0.2, -0.15) is 0 Å². The lowest BCUT2D eigenvalue weighted by atomic mass is 9.92. The second-order valence-corrected chi connectivity index (χ2v) is 7.86. The number of piperazine rings is 1. The van der Waals surface area contributed by atoms with Crippen molar-refractivity contribution in [3.8, 4) is 0 Å². The van der Waals surface area contributed by atoms with Crippen LogP contribution in [0.4, 0.5) is 14.9 Å². The minimum absolute atomic E-state index is 0.0595. The zero-order valence-electron chi connectivity index (χ0n) is 16.5. The fraction of sp³-hybridized carbons (Fsp3) is 0.364. The van der Waals surface area contributed by atoms with E-state index in [2.05, 4.69) is 5.32 Å². The fourth-order valence-corrected chi connectivity index (χ4v) is 4.19. The SMILES string of the molecule is CN1CC(=O)N(c2cccc(F)c2)C[C@@]12CCN(C(=O)NCc1ccccc1)C2. The normalized spacial score (nSPS) is 22.3. The fourth-order valence-electron chi connectivity index (χ4n) is 4.19. The summed E-state index contributed by atoms with van der Waals surface area (Å²) in [7, 11) is 1.92. The first-order chi connectivity index (χ1) is 14.0. The molecule has 0 radical (unpaired) electrons. The molecule has 2 aliphatic heterocycles. The summed E-state index contributed by atoms with van der Waals surface area (Å²) in [4.78, 5) is 30.8.